The highest BCUT2D eigenvalue weighted by atomic mass is 32.1. The number of piperidine rings is 1. The maximum absolute atomic E-state index is 12.8. The number of benzene rings is 1. The predicted octanol–water partition coefficient (Wildman–Crippen LogP) is 4.85. The summed E-state index contributed by atoms with van der Waals surface area (Å²) in [6.07, 6.45) is 9.31. The number of hydrogen-bond acceptors (Lipinski definition) is 5. The van der Waals surface area contributed by atoms with Crippen LogP contribution in [0.5, 0.6) is 0 Å². The van der Waals surface area contributed by atoms with Gasteiger partial charge in [-0.05, 0) is 56.8 Å². The fraction of sp³-hybridized carbons (Fsp3) is 0.560. The van der Waals surface area contributed by atoms with Crippen LogP contribution in [0.25, 0.3) is 0 Å². The minimum Gasteiger partial charge on any atom is -0.312 e. The number of thiazole rings is 1. The first-order valence-corrected chi connectivity index (χ1v) is 12.7. The largest absolute Gasteiger partial charge is 0.312 e. The van der Waals surface area contributed by atoms with Crippen LogP contribution in [-0.2, 0) is 22.6 Å². The Kier molecular flexibility index (Phi) is 7.58. The Bertz CT molecular complexity index is 926. The van der Waals surface area contributed by atoms with Crippen molar-refractivity contribution in [1.82, 2.24) is 9.88 Å². The molecule has 1 aromatic heterocycles. The molecule has 2 aliphatic heterocycles. The van der Waals surface area contributed by atoms with Gasteiger partial charge < -0.3 is 10.2 Å². The van der Waals surface area contributed by atoms with E-state index in [4.69, 9.17) is 0 Å². The Morgan fingerprint density at radius 1 is 1.25 bits per heavy atom. The van der Waals surface area contributed by atoms with Gasteiger partial charge in [-0.15, -0.1) is 11.3 Å². The predicted molar refractivity (Wildman–Crippen MR) is 130 cm³/mol. The van der Waals surface area contributed by atoms with E-state index in [1.54, 1.807) is 4.90 Å². The third-order valence-electron chi connectivity index (χ3n) is 6.65. The lowest BCUT2D eigenvalue weighted by Gasteiger charge is -2.32. The standard InChI is InChI=1S/C25H34N4O2S/c1-3-4-8-19-9-11-21(12-10-19)29-16-20(14-23(29)30)24(31)27-25-26-15-22(32-25)17-28-13-6-5-7-18(28)2/h9-12,15,18,20H,3-8,13-14,16-17H2,1-2H3,(H,26,27,31). The molecular formula is C25H34N4O2S. The fourth-order valence-corrected chi connectivity index (χ4v) is 5.44. The van der Waals surface area contributed by atoms with Crippen LogP contribution in [0.2, 0.25) is 0 Å². The lowest BCUT2D eigenvalue weighted by atomic mass is 10.0. The van der Waals surface area contributed by atoms with Gasteiger partial charge in [-0.2, -0.15) is 0 Å². The van der Waals surface area contributed by atoms with Crippen molar-refractivity contribution in [3.05, 3.63) is 40.9 Å². The average molecular weight is 455 g/mol. The summed E-state index contributed by atoms with van der Waals surface area (Å²) in [5.74, 6) is -0.463. The van der Waals surface area contributed by atoms with Gasteiger partial charge in [-0.25, -0.2) is 4.98 Å². The summed E-state index contributed by atoms with van der Waals surface area (Å²) >= 11 is 1.54. The molecule has 1 aromatic carbocycles. The van der Waals surface area contributed by atoms with Crippen LogP contribution < -0.4 is 10.2 Å². The monoisotopic (exact) mass is 454 g/mol. The number of aromatic nitrogens is 1. The lowest BCUT2D eigenvalue weighted by molar-refractivity contribution is -0.122. The van der Waals surface area contributed by atoms with E-state index in [0.29, 0.717) is 17.7 Å². The topological polar surface area (TPSA) is 65.5 Å². The molecule has 6 nitrogen and oxygen atoms in total. The second kappa shape index (κ2) is 10.6. The summed E-state index contributed by atoms with van der Waals surface area (Å²) in [6, 6.07) is 8.77. The van der Waals surface area contributed by atoms with E-state index in [2.05, 4.69) is 41.2 Å². The Labute approximate surface area is 195 Å². The van der Waals surface area contributed by atoms with Crippen LogP contribution in [0.4, 0.5) is 10.8 Å². The van der Waals surface area contributed by atoms with Crippen molar-refractivity contribution < 1.29 is 9.59 Å². The highest BCUT2D eigenvalue weighted by Crippen LogP contribution is 2.28. The molecule has 4 rings (SSSR count). The number of nitrogens with one attached hydrogen (secondary N) is 1. The van der Waals surface area contributed by atoms with Gasteiger partial charge >= 0.3 is 0 Å². The lowest BCUT2D eigenvalue weighted by Crippen LogP contribution is -2.36. The quantitative estimate of drug-likeness (QED) is 0.619. The molecule has 2 aromatic rings. The molecule has 32 heavy (non-hydrogen) atoms. The number of carbonyl (C=O) groups is 2. The maximum Gasteiger partial charge on any atom is 0.231 e. The Morgan fingerprint density at radius 2 is 2.06 bits per heavy atom. The molecule has 172 valence electrons. The first-order chi connectivity index (χ1) is 15.5. The summed E-state index contributed by atoms with van der Waals surface area (Å²) < 4.78 is 0. The molecule has 2 saturated heterocycles. The van der Waals surface area contributed by atoms with Gasteiger partial charge in [0.05, 0.1) is 5.92 Å². The van der Waals surface area contributed by atoms with E-state index < -0.39 is 0 Å². The van der Waals surface area contributed by atoms with Crippen molar-refractivity contribution in [2.24, 2.45) is 5.92 Å². The molecule has 0 spiro atoms. The molecule has 1 N–H and O–H groups in total. The van der Waals surface area contributed by atoms with Gasteiger partial charge in [-0.3, -0.25) is 14.5 Å². The molecule has 3 heterocycles. The first kappa shape index (κ1) is 22.9. The second-order valence-electron chi connectivity index (χ2n) is 9.11. The van der Waals surface area contributed by atoms with Crippen LogP contribution in [0.1, 0.15) is 62.8 Å². The molecule has 2 amide bonds. The fourth-order valence-electron chi connectivity index (χ4n) is 4.59. The Hall–Kier alpha value is -2.25. The van der Waals surface area contributed by atoms with Crippen LogP contribution in [0.3, 0.4) is 0 Å². The summed E-state index contributed by atoms with van der Waals surface area (Å²) in [5.41, 5.74) is 2.16. The number of aryl methyl sites for hydroxylation is 1. The van der Waals surface area contributed by atoms with Crippen LogP contribution in [0, 0.1) is 5.92 Å². The molecule has 7 heteroatoms. The van der Waals surface area contributed by atoms with Gasteiger partial charge in [0.25, 0.3) is 0 Å². The summed E-state index contributed by atoms with van der Waals surface area (Å²) in [4.78, 5) is 35.2. The van der Waals surface area contributed by atoms with E-state index in [1.807, 2.05) is 18.3 Å². The normalized spacial score (nSPS) is 21.8. The van der Waals surface area contributed by atoms with Crippen molar-refractivity contribution in [3.63, 3.8) is 0 Å². The molecule has 2 unspecified atom stereocenters. The van der Waals surface area contributed by atoms with Crippen LogP contribution in [0.15, 0.2) is 30.5 Å². The van der Waals surface area contributed by atoms with E-state index >= 15 is 0 Å². The van der Waals surface area contributed by atoms with Crippen LogP contribution >= 0.6 is 11.3 Å². The molecule has 0 radical (unpaired) electrons. The third kappa shape index (κ3) is 5.56. The number of hydrogen-bond donors (Lipinski definition) is 1. The molecule has 0 aliphatic carbocycles. The van der Waals surface area contributed by atoms with Crippen LogP contribution in [-0.4, -0.2) is 40.8 Å². The molecule has 2 aliphatic rings. The maximum atomic E-state index is 12.8. The number of likely N-dealkylation sites (tertiary alicyclic amines) is 1. The van der Waals surface area contributed by atoms with Crippen molar-refractivity contribution >= 4 is 34.0 Å². The van der Waals surface area contributed by atoms with Crippen molar-refractivity contribution in [2.75, 3.05) is 23.3 Å². The van der Waals surface area contributed by atoms with Gasteiger partial charge in [0.1, 0.15) is 0 Å². The van der Waals surface area contributed by atoms with Gasteiger partial charge in [0.15, 0.2) is 5.13 Å². The highest BCUT2D eigenvalue weighted by molar-refractivity contribution is 7.15. The Balaban J connectivity index is 1.31. The van der Waals surface area contributed by atoms with Gasteiger partial charge in [0, 0.05) is 42.3 Å². The zero-order valence-corrected chi connectivity index (χ0v) is 20.0. The minimum atomic E-state index is -0.350. The van der Waals surface area contributed by atoms with Gasteiger partial charge in [0.2, 0.25) is 11.8 Å². The zero-order chi connectivity index (χ0) is 22.5. The molecule has 0 bridgehead atoms. The summed E-state index contributed by atoms with van der Waals surface area (Å²) in [6.45, 7) is 6.90. The van der Waals surface area contributed by atoms with E-state index in [9.17, 15) is 9.59 Å². The first-order valence-electron chi connectivity index (χ1n) is 11.9. The number of rotatable bonds is 8. The highest BCUT2D eigenvalue weighted by Gasteiger charge is 2.35. The Morgan fingerprint density at radius 3 is 2.81 bits per heavy atom. The van der Waals surface area contributed by atoms with Gasteiger partial charge in [-0.1, -0.05) is 31.9 Å². The summed E-state index contributed by atoms with van der Waals surface area (Å²) in [5, 5.41) is 3.57. The molecule has 2 atom stereocenters. The van der Waals surface area contributed by atoms with E-state index in [1.165, 1.54) is 53.9 Å². The van der Waals surface area contributed by atoms with Crippen molar-refractivity contribution in [1.29, 1.82) is 0 Å². The number of carbonyl (C=O) groups excluding carboxylic acids is 2. The summed E-state index contributed by atoms with van der Waals surface area (Å²) in [7, 11) is 0. The van der Waals surface area contributed by atoms with E-state index in [0.717, 1.165) is 25.2 Å². The molecule has 0 saturated carbocycles. The number of nitrogens with zero attached hydrogens (tertiary/aromatic N) is 3. The second-order valence-corrected chi connectivity index (χ2v) is 10.2. The molecular weight excluding hydrogens is 420 g/mol. The SMILES string of the molecule is CCCCc1ccc(N2CC(C(=O)Nc3ncc(CN4CCCCC4C)s3)CC2=O)cc1. The number of amides is 2. The smallest absolute Gasteiger partial charge is 0.231 e. The third-order valence-corrected chi connectivity index (χ3v) is 7.54. The number of unbranched alkanes of at least 4 members (excludes halogenated alkanes) is 1. The van der Waals surface area contributed by atoms with Crippen molar-refractivity contribution in [3.8, 4) is 0 Å². The van der Waals surface area contributed by atoms with E-state index in [-0.39, 0.29) is 24.2 Å². The molecule has 2 fully saturated rings. The van der Waals surface area contributed by atoms with Crippen molar-refractivity contribution in [2.45, 2.75) is 71.4 Å². The number of anilines is 2. The zero-order valence-electron chi connectivity index (χ0n) is 19.2. The average Bonchev–Trinajstić information content (AvgIpc) is 3.40. The minimum absolute atomic E-state index is 0.00497.